The Morgan fingerprint density at radius 3 is 2.68 bits per heavy atom. The molecule has 2 aliphatic rings. The van der Waals surface area contributed by atoms with Gasteiger partial charge >= 0.3 is 0 Å². The normalized spacial score (nSPS) is 22.9. The number of anilines is 1. The van der Waals surface area contributed by atoms with Gasteiger partial charge < -0.3 is 20.9 Å². The van der Waals surface area contributed by atoms with Crippen LogP contribution in [0.3, 0.4) is 0 Å². The number of nitrogens with zero attached hydrogens (tertiary/aromatic N) is 1. The molecule has 3 N–H and O–H groups in total. The Morgan fingerprint density at radius 2 is 2.00 bits per heavy atom. The highest BCUT2D eigenvalue weighted by Crippen LogP contribution is 2.23. The Morgan fingerprint density at radius 1 is 1.25 bits per heavy atom. The predicted octanol–water partition coefficient (Wildman–Crippen LogP) is 2.58. The fourth-order valence-electron chi connectivity index (χ4n) is 4.00. The molecule has 2 aliphatic heterocycles. The molecule has 1 aromatic carbocycles. The minimum absolute atomic E-state index is 0.0607. The molecule has 0 spiro atoms. The van der Waals surface area contributed by atoms with Gasteiger partial charge in [0.25, 0.3) is 0 Å². The summed E-state index contributed by atoms with van der Waals surface area (Å²) in [6.07, 6.45) is 4.04. The van der Waals surface area contributed by atoms with Crippen LogP contribution in [0.2, 0.25) is 0 Å². The monoisotopic (exact) mass is 402 g/mol. The van der Waals surface area contributed by atoms with Crippen LogP contribution >= 0.6 is 12.2 Å². The standard InChI is InChI=1S/C21H30N4O2S/c1-14-4-3-5-17(12-14)23-19(26)7-6-16-8-10-25(11-9-16)20(27)18-13-15(2)22-21(28)24-18/h3-5,12,15-16,18H,6-11,13H2,1-2H3,(H,23,26)(H2,22,24,28)/t15-,18+/m1/s1. The second-order valence-electron chi connectivity index (χ2n) is 8.03. The molecule has 7 heteroatoms. The quantitative estimate of drug-likeness (QED) is 0.660. The van der Waals surface area contributed by atoms with E-state index in [1.165, 1.54) is 0 Å². The van der Waals surface area contributed by atoms with E-state index in [1.807, 2.05) is 43.0 Å². The number of benzene rings is 1. The molecular formula is C21H30N4O2S. The first-order valence-electron chi connectivity index (χ1n) is 10.1. The van der Waals surface area contributed by atoms with E-state index in [4.69, 9.17) is 12.2 Å². The zero-order chi connectivity index (χ0) is 20.1. The summed E-state index contributed by atoms with van der Waals surface area (Å²) in [4.78, 5) is 26.9. The predicted molar refractivity (Wildman–Crippen MR) is 115 cm³/mol. The number of amides is 2. The van der Waals surface area contributed by atoms with Crippen molar-refractivity contribution in [2.75, 3.05) is 18.4 Å². The lowest BCUT2D eigenvalue weighted by Gasteiger charge is -2.37. The van der Waals surface area contributed by atoms with Gasteiger partial charge in [-0.15, -0.1) is 0 Å². The molecule has 0 radical (unpaired) electrons. The van der Waals surface area contributed by atoms with Gasteiger partial charge in [0.1, 0.15) is 6.04 Å². The van der Waals surface area contributed by atoms with Crippen LogP contribution in [-0.4, -0.2) is 47.0 Å². The first-order valence-corrected chi connectivity index (χ1v) is 10.5. The average molecular weight is 403 g/mol. The highest BCUT2D eigenvalue weighted by Gasteiger charge is 2.32. The molecule has 0 bridgehead atoms. The smallest absolute Gasteiger partial charge is 0.245 e. The molecule has 2 atom stereocenters. The molecule has 2 heterocycles. The fourth-order valence-corrected chi connectivity index (χ4v) is 4.35. The maximum Gasteiger partial charge on any atom is 0.245 e. The topological polar surface area (TPSA) is 73.5 Å². The van der Waals surface area contributed by atoms with Crippen LogP contribution in [0.25, 0.3) is 0 Å². The van der Waals surface area contributed by atoms with Gasteiger partial charge in [-0.1, -0.05) is 12.1 Å². The summed E-state index contributed by atoms with van der Waals surface area (Å²) in [5.41, 5.74) is 1.99. The number of piperidine rings is 1. The second kappa shape index (κ2) is 9.37. The molecular weight excluding hydrogens is 372 g/mol. The third-order valence-corrected chi connectivity index (χ3v) is 5.81. The van der Waals surface area contributed by atoms with Crippen molar-refractivity contribution >= 4 is 34.8 Å². The lowest BCUT2D eigenvalue weighted by Crippen LogP contribution is -2.59. The number of nitrogens with one attached hydrogen (secondary N) is 3. The summed E-state index contributed by atoms with van der Waals surface area (Å²) in [6, 6.07) is 7.84. The van der Waals surface area contributed by atoms with Crippen molar-refractivity contribution in [2.45, 2.75) is 58.0 Å². The van der Waals surface area contributed by atoms with Gasteiger partial charge in [0.15, 0.2) is 5.11 Å². The second-order valence-corrected chi connectivity index (χ2v) is 8.44. The van der Waals surface area contributed by atoms with Gasteiger partial charge in [0.05, 0.1) is 0 Å². The molecule has 3 rings (SSSR count). The van der Waals surface area contributed by atoms with Crippen LogP contribution in [0.5, 0.6) is 0 Å². The Balaban J connectivity index is 1.39. The maximum atomic E-state index is 12.8. The van der Waals surface area contributed by atoms with Crippen LogP contribution in [0.15, 0.2) is 24.3 Å². The van der Waals surface area contributed by atoms with Crippen LogP contribution in [0, 0.1) is 12.8 Å². The van der Waals surface area contributed by atoms with Crippen molar-refractivity contribution in [1.29, 1.82) is 0 Å². The first kappa shape index (κ1) is 20.6. The largest absolute Gasteiger partial charge is 0.360 e. The molecule has 2 amide bonds. The Labute approximate surface area is 172 Å². The number of likely N-dealkylation sites (tertiary alicyclic amines) is 1. The van der Waals surface area contributed by atoms with E-state index >= 15 is 0 Å². The highest BCUT2D eigenvalue weighted by molar-refractivity contribution is 7.80. The van der Waals surface area contributed by atoms with Gasteiger partial charge in [0.2, 0.25) is 11.8 Å². The number of hydrogen-bond acceptors (Lipinski definition) is 3. The number of thiocarbonyl (C=S) groups is 1. The van der Waals surface area contributed by atoms with E-state index in [1.54, 1.807) is 0 Å². The molecule has 2 saturated heterocycles. The van der Waals surface area contributed by atoms with E-state index in [0.29, 0.717) is 17.5 Å². The Hall–Kier alpha value is -2.15. The van der Waals surface area contributed by atoms with Gasteiger partial charge in [-0.2, -0.15) is 0 Å². The van der Waals surface area contributed by atoms with Crippen LogP contribution < -0.4 is 16.0 Å². The highest BCUT2D eigenvalue weighted by atomic mass is 32.1. The van der Waals surface area contributed by atoms with Crippen LogP contribution in [0.1, 0.15) is 44.6 Å². The third-order valence-electron chi connectivity index (χ3n) is 5.58. The summed E-state index contributed by atoms with van der Waals surface area (Å²) >= 11 is 5.18. The minimum atomic E-state index is -0.222. The van der Waals surface area contributed by atoms with Gasteiger partial charge in [0, 0.05) is 31.2 Å². The van der Waals surface area contributed by atoms with Crippen molar-refractivity contribution in [3.63, 3.8) is 0 Å². The van der Waals surface area contributed by atoms with E-state index in [2.05, 4.69) is 16.0 Å². The Kier molecular flexibility index (Phi) is 6.88. The number of carbonyl (C=O) groups excluding carboxylic acids is 2. The summed E-state index contributed by atoms with van der Waals surface area (Å²) in [5, 5.41) is 9.76. The summed E-state index contributed by atoms with van der Waals surface area (Å²) < 4.78 is 0. The lowest BCUT2D eigenvalue weighted by molar-refractivity contribution is -0.135. The molecule has 0 aliphatic carbocycles. The van der Waals surface area contributed by atoms with E-state index in [9.17, 15) is 9.59 Å². The molecule has 1 aromatic rings. The van der Waals surface area contributed by atoms with Gasteiger partial charge in [-0.3, -0.25) is 9.59 Å². The maximum absolute atomic E-state index is 12.8. The van der Waals surface area contributed by atoms with Crippen LogP contribution in [-0.2, 0) is 9.59 Å². The third kappa shape index (κ3) is 5.67. The SMILES string of the molecule is Cc1cccc(NC(=O)CCC2CCN(C(=O)[C@@H]3C[C@@H](C)NC(=S)N3)CC2)c1. The summed E-state index contributed by atoms with van der Waals surface area (Å²) in [6.45, 7) is 5.57. The summed E-state index contributed by atoms with van der Waals surface area (Å²) in [7, 11) is 0. The lowest BCUT2D eigenvalue weighted by atomic mass is 9.91. The fraction of sp³-hybridized carbons (Fsp3) is 0.571. The number of aryl methyl sites for hydroxylation is 1. The molecule has 28 heavy (non-hydrogen) atoms. The zero-order valence-corrected chi connectivity index (χ0v) is 17.5. The van der Waals surface area contributed by atoms with E-state index in [-0.39, 0.29) is 23.9 Å². The molecule has 0 aromatic heterocycles. The Bertz CT molecular complexity index is 731. The zero-order valence-electron chi connectivity index (χ0n) is 16.7. The number of rotatable bonds is 5. The summed E-state index contributed by atoms with van der Waals surface area (Å²) in [5.74, 6) is 0.699. The van der Waals surface area contributed by atoms with Crippen molar-refractivity contribution in [3.05, 3.63) is 29.8 Å². The molecule has 152 valence electrons. The van der Waals surface area contributed by atoms with Crippen molar-refractivity contribution in [1.82, 2.24) is 15.5 Å². The van der Waals surface area contributed by atoms with Crippen molar-refractivity contribution in [3.8, 4) is 0 Å². The number of hydrogen-bond donors (Lipinski definition) is 3. The minimum Gasteiger partial charge on any atom is -0.360 e. The number of carbonyl (C=O) groups is 2. The molecule has 0 saturated carbocycles. The van der Waals surface area contributed by atoms with Crippen molar-refractivity contribution < 1.29 is 9.59 Å². The average Bonchev–Trinajstić information content (AvgIpc) is 2.65. The van der Waals surface area contributed by atoms with E-state index in [0.717, 1.165) is 50.0 Å². The molecule has 0 unspecified atom stereocenters. The van der Waals surface area contributed by atoms with Crippen LogP contribution in [0.4, 0.5) is 5.69 Å². The molecule has 6 nitrogen and oxygen atoms in total. The first-order chi connectivity index (χ1) is 13.4. The van der Waals surface area contributed by atoms with Gasteiger partial charge in [-0.05, 0) is 75.4 Å². The molecule has 2 fully saturated rings. The van der Waals surface area contributed by atoms with Gasteiger partial charge in [-0.25, -0.2) is 0 Å². The van der Waals surface area contributed by atoms with E-state index < -0.39 is 0 Å². The van der Waals surface area contributed by atoms with Crippen molar-refractivity contribution in [2.24, 2.45) is 5.92 Å².